The number of benzene rings is 3. The van der Waals surface area contributed by atoms with Crippen molar-refractivity contribution in [2.75, 3.05) is 70.4 Å². The summed E-state index contributed by atoms with van der Waals surface area (Å²) < 4.78 is 90.7. The van der Waals surface area contributed by atoms with Crippen molar-refractivity contribution in [2.24, 2.45) is 5.92 Å². The van der Waals surface area contributed by atoms with Crippen molar-refractivity contribution in [1.29, 1.82) is 0 Å². The van der Waals surface area contributed by atoms with E-state index in [0.717, 1.165) is 56.9 Å². The zero-order chi connectivity index (χ0) is 39.9. The predicted molar refractivity (Wildman–Crippen MR) is 209 cm³/mol. The number of piperazine rings is 1. The number of carbonyl (C=O) groups is 1. The number of ether oxygens (including phenoxy) is 3. The van der Waals surface area contributed by atoms with Crippen molar-refractivity contribution in [3.05, 3.63) is 91.0 Å². The Morgan fingerprint density at radius 2 is 1.36 bits per heavy atom. The van der Waals surface area contributed by atoms with E-state index in [4.69, 9.17) is 22.8 Å². The normalized spacial score (nSPS) is 16.3. The lowest BCUT2D eigenvalue weighted by atomic mass is 9.88. The minimum Gasteiger partial charge on any atom is -0.497 e. The van der Waals surface area contributed by atoms with Gasteiger partial charge in [-0.2, -0.15) is 25.2 Å². The highest BCUT2D eigenvalue weighted by Gasteiger charge is 2.53. The van der Waals surface area contributed by atoms with Gasteiger partial charge in [0.2, 0.25) is 5.91 Å². The molecule has 1 saturated heterocycles. The third-order valence-electron chi connectivity index (χ3n) is 10.2. The minimum absolute atomic E-state index is 0.0926. The number of rotatable bonds is 14. The molecule has 0 bridgehead atoms. The van der Waals surface area contributed by atoms with E-state index in [0.29, 0.717) is 30.9 Å². The summed E-state index contributed by atoms with van der Waals surface area (Å²) in [4.78, 5) is 25.7. The number of aromatic nitrogens is 1. The Kier molecular flexibility index (Phi) is 13.0. The lowest BCUT2D eigenvalue weighted by molar-refractivity contribution is -0.123. The van der Waals surface area contributed by atoms with Crippen LogP contribution in [0.4, 0.5) is 24.7 Å². The van der Waals surface area contributed by atoms with E-state index in [9.17, 15) is 26.4 Å². The van der Waals surface area contributed by atoms with Gasteiger partial charge in [-0.3, -0.25) is 14.6 Å². The molecule has 1 saturated carbocycles. The molecule has 1 amide bonds. The number of methoxy groups -OCH3 is 3. The van der Waals surface area contributed by atoms with Crippen LogP contribution >= 0.6 is 10.3 Å². The smallest absolute Gasteiger partial charge is 0.497 e. The van der Waals surface area contributed by atoms with Gasteiger partial charge in [0.1, 0.15) is 28.1 Å². The van der Waals surface area contributed by atoms with Crippen molar-refractivity contribution >= 4 is 37.8 Å². The summed E-state index contributed by atoms with van der Waals surface area (Å²) in [5.74, 6) is 1.40. The molecule has 4 aromatic rings. The van der Waals surface area contributed by atoms with Crippen LogP contribution in [0.5, 0.6) is 17.2 Å². The Hall–Kier alpha value is -4.51. The summed E-state index contributed by atoms with van der Waals surface area (Å²) in [5.41, 5.74) is -4.74. The van der Waals surface area contributed by atoms with Gasteiger partial charge in [0.25, 0.3) is 0 Å². The second kappa shape index (κ2) is 17.7. The molecule has 56 heavy (non-hydrogen) atoms. The fourth-order valence-corrected chi connectivity index (χ4v) is 11.7. The monoisotopic (exact) mass is 816 g/mol. The number of halogens is 3. The van der Waals surface area contributed by atoms with Crippen molar-refractivity contribution in [3.63, 3.8) is 0 Å². The number of hydrogen-bond donors (Lipinski definition) is 0. The van der Waals surface area contributed by atoms with E-state index in [2.05, 4.69) is 9.80 Å². The molecule has 2 fully saturated rings. The Balaban J connectivity index is 1.40. The summed E-state index contributed by atoms with van der Waals surface area (Å²) in [7, 11) is -5.49. The Morgan fingerprint density at radius 3 is 1.91 bits per heavy atom. The van der Waals surface area contributed by atoms with Gasteiger partial charge >= 0.3 is 15.6 Å². The molecule has 302 valence electrons. The van der Waals surface area contributed by atoms with Gasteiger partial charge in [-0.15, -0.1) is 0 Å². The lowest BCUT2D eigenvalue weighted by Crippen LogP contribution is -2.50. The van der Waals surface area contributed by atoms with Crippen molar-refractivity contribution in [1.82, 2.24) is 9.88 Å². The molecule has 0 unspecified atom stereocenters. The van der Waals surface area contributed by atoms with Crippen LogP contribution < -0.4 is 24.0 Å². The van der Waals surface area contributed by atoms with Gasteiger partial charge in [0, 0.05) is 55.0 Å². The van der Waals surface area contributed by atoms with E-state index in [1.54, 1.807) is 24.1 Å². The molecule has 3 aromatic carbocycles. The van der Waals surface area contributed by atoms with Gasteiger partial charge in [-0.1, -0.05) is 37.5 Å². The molecule has 1 aromatic heterocycles. The first-order valence-electron chi connectivity index (χ1n) is 18.4. The zero-order valence-electron chi connectivity index (χ0n) is 31.6. The largest absolute Gasteiger partial charge is 0.524 e. The van der Waals surface area contributed by atoms with Gasteiger partial charge in [0.15, 0.2) is 0 Å². The van der Waals surface area contributed by atoms with Crippen LogP contribution in [0.1, 0.15) is 32.1 Å². The van der Waals surface area contributed by atoms with Crippen LogP contribution in [-0.4, -0.2) is 90.3 Å². The zero-order valence-corrected chi connectivity index (χ0v) is 33.2. The SMILES string of the molecule is COc1ccc(S(OS(=O)(=O)C(F)(F)F)(c2ccc(OC)cc2)c2cccc(N(CCN3CCN(c4ccccc4OC)CC3)C(=O)C3CCCCC3)n2)cc1. The Bertz CT molecular complexity index is 1990. The summed E-state index contributed by atoms with van der Waals surface area (Å²) in [6.45, 7) is 3.70. The van der Waals surface area contributed by atoms with Crippen molar-refractivity contribution < 1.29 is 44.2 Å². The third-order valence-corrected chi connectivity index (χ3v) is 15.0. The summed E-state index contributed by atoms with van der Waals surface area (Å²) in [6.07, 6.45) is 4.29. The number of para-hydroxylation sites is 2. The molecular weight excluding hydrogens is 770 g/mol. The number of anilines is 2. The second-order valence-corrected chi connectivity index (χ2v) is 17.9. The summed E-state index contributed by atoms with van der Waals surface area (Å²) >= 11 is 0. The maximum atomic E-state index is 14.4. The highest BCUT2D eigenvalue weighted by Crippen LogP contribution is 2.70. The number of hydrogen-bond acceptors (Lipinski definition) is 10. The van der Waals surface area contributed by atoms with Crippen LogP contribution in [0.25, 0.3) is 0 Å². The quantitative estimate of drug-likeness (QED) is 0.117. The highest BCUT2D eigenvalue weighted by atomic mass is 32.3. The summed E-state index contributed by atoms with van der Waals surface area (Å²) in [6, 6.07) is 24.4. The molecule has 6 rings (SSSR count). The molecule has 0 spiro atoms. The van der Waals surface area contributed by atoms with Crippen molar-refractivity contribution in [2.45, 2.75) is 52.4 Å². The van der Waals surface area contributed by atoms with E-state index in [-0.39, 0.29) is 39.0 Å². The van der Waals surface area contributed by atoms with Gasteiger partial charge < -0.3 is 19.1 Å². The van der Waals surface area contributed by atoms with Crippen molar-refractivity contribution in [3.8, 4) is 17.2 Å². The summed E-state index contributed by atoms with van der Waals surface area (Å²) in [5, 5.41) is -0.0926. The first kappa shape index (κ1) is 41.1. The number of amides is 1. The fourth-order valence-electron chi connectivity index (χ4n) is 7.17. The first-order chi connectivity index (χ1) is 26.9. The maximum Gasteiger partial charge on any atom is 0.524 e. The average molecular weight is 817 g/mol. The molecule has 2 heterocycles. The third kappa shape index (κ3) is 8.88. The standard InChI is InChI=1S/C40H47F3N4O7S2/c1-51-31-16-20-33(21-17-31)55(54-56(49,50)40(41,42)43,34-22-18-32(52-2)19-23-34)38-15-9-14-37(44-38)47(39(48)30-10-5-4-6-11-30)29-26-45-24-27-46(28-25-45)35-12-7-8-13-36(35)53-3/h7-9,12-23,30H,4-6,10-11,24-29H2,1-3H3. The minimum atomic E-state index is -6.22. The van der Waals surface area contributed by atoms with E-state index in [1.807, 2.05) is 24.3 Å². The topological polar surface area (TPSA) is 111 Å². The van der Waals surface area contributed by atoms with Gasteiger partial charge in [-0.05, 0) is 95.9 Å². The molecule has 0 N–H and O–H groups in total. The molecule has 1 aliphatic carbocycles. The van der Waals surface area contributed by atoms with Gasteiger partial charge in [-0.25, -0.2) is 4.98 Å². The van der Waals surface area contributed by atoms with Crippen LogP contribution in [-0.2, 0) is 18.5 Å². The molecule has 2 aliphatic rings. The maximum absolute atomic E-state index is 14.4. The molecule has 0 atom stereocenters. The van der Waals surface area contributed by atoms with E-state index >= 15 is 0 Å². The first-order valence-corrected chi connectivity index (χ1v) is 21.4. The van der Waals surface area contributed by atoms with Gasteiger partial charge in [0.05, 0.1) is 27.0 Å². The average Bonchev–Trinajstić information content (AvgIpc) is 3.23. The number of carbonyl (C=O) groups excluding carboxylic acids is 1. The second-order valence-electron chi connectivity index (χ2n) is 13.5. The molecular formula is C40H47F3N4O7S2. The van der Waals surface area contributed by atoms with Crippen LogP contribution in [0, 0.1) is 5.92 Å². The molecule has 0 radical (unpaired) electrons. The number of pyridine rings is 1. The molecule has 1 aliphatic heterocycles. The predicted octanol–water partition coefficient (Wildman–Crippen LogP) is 7.91. The van der Waals surface area contributed by atoms with Crippen LogP contribution in [0.2, 0.25) is 0 Å². The van der Waals surface area contributed by atoms with E-state index in [1.165, 1.54) is 68.8 Å². The number of alkyl halides is 3. The molecule has 11 nitrogen and oxygen atoms in total. The number of nitrogens with zero attached hydrogens (tertiary/aromatic N) is 4. The lowest BCUT2D eigenvalue weighted by Gasteiger charge is -2.39. The Labute approximate surface area is 328 Å². The Morgan fingerprint density at radius 1 is 0.768 bits per heavy atom. The van der Waals surface area contributed by atoms with Crippen LogP contribution in [0.15, 0.2) is 106 Å². The fraction of sp³-hybridized carbons (Fsp3) is 0.400. The van der Waals surface area contributed by atoms with E-state index < -0.39 is 25.9 Å². The highest BCUT2D eigenvalue weighted by molar-refractivity contribution is 8.33. The van der Waals surface area contributed by atoms with Crippen LogP contribution in [0.3, 0.4) is 0 Å². The molecule has 16 heteroatoms.